The van der Waals surface area contributed by atoms with Gasteiger partial charge in [-0.3, -0.25) is 19.1 Å². The Bertz CT molecular complexity index is 1440. The first-order valence-corrected chi connectivity index (χ1v) is 11.4. The maximum absolute atomic E-state index is 13.0. The minimum atomic E-state index is -0.0950. The molecule has 0 spiro atoms. The molecule has 0 saturated heterocycles. The largest absolute Gasteiger partial charge is 0.296 e. The fourth-order valence-electron chi connectivity index (χ4n) is 4.87. The summed E-state index contributed by atoms with van der Waals surface area (Å²) in [6.07, 6.45) is 11.2. The predicted octanol–water partition coefficient (Wildman–Crippen LogP) is 3.66. The van der Waals surface area contributed by atoms with Crippen molar-refractivity contribution in [2.45, 2.75) is 45.6 Å². The number of aryl methyl sites for hydroxylation is 2. The van der Waals surface area contributed by atoms with Crippen LogP contribution in [0.5, 0.6) is 0 Å². The van der Waals surface area contributed by atoms with Crippen LogP contribution in [0.15, 0.2) is 47.5 Å². The molecule has 0 atom stereocenters. The van der Waals surface area contributed by atoms with E-state index in [1.807, 2.05) is 42.9 Å². The highest BCUT2D eigenvalue weighted by Gasteiger charge is 2.26. The maximum atomic E-state index is 13.0. The summed E-state index contributed by atoms with van der Waals surface area (Å²) >= 11 is 0. The van der Waals surface area contributed by atoms with Gasteiger partial charge in [0.05, 0.1) is 28.8 Å². The van der Waals surface area contributed by atoms with Gasteiger partial charge in [0.15, 0.2) is 0 Å². The van der Waals surface area contributed by atoms with E-state index in [-0.39, 0.29) is 5.56 Å². The highest BCUT2D eigenvalue weighted by molar-refractivity contribution is 5.69. The molecule has 4 aromatic heterocycles. The predicted molar refractivity (Wildman–Crippen MR) is 125 cm³/mol. The normalized spacial score (nSPS) is 17.6. The van der Waals surface area contributed by atoms with E-state index in [9.17, 15) is 4.79 Å². The van der Waals surface area contributed by atoms with E-state index in [1.54, 1.807) is 10.5 Å². The van der Waals surface area contributed by atoms with Crippen molar-refractivity contribution in [1.29, 1.82) is 0 Å². The summed E-state index contributed by atoms with van der Waals surface area (Å²) in [5.74, 6) is 0. The number of hydrogen-bond donors (Lipinski definition) is 0. The van der Waals surface area contributed by atoms with E-state index in [1.165, 1.54) is 24.8 Å². The summed E-state index contributed by atoms with van der Waals surface area (Å²) in [6, 6.07) is 8.30. The van der Waals surface area contributed by atoms with Gasteiger partial charge in [0.25, 0.3) is 5.56 Å². The van der Waals surface area contributed by atoms with Crippen LogP contribution >= 0.6 is 0 Å². The molecule has 0 bridgehead atoms. The number of hydrogen-bond acceptors (Lipinski definition) is 5. The summed E-state index contributed by atoms with van der Waals surface area (Å²) in [5.41, 5.74) is 6.94. The molecule has 1 aliphatic heterocycles. The highest BCUT2D eigenvalue weighted by Crippen LogP contribution is 2.30. The summed E-state index contributed by atoms with van der Waals surface area (Å²) in [5, 5.41) is 4.63. The number of nitrogens with zero attached hydrogens (tertiary/aromatic N) is 6. The first kappa shape index (κ1) is 19.4. The van der Waals surface area contributed by atoms with Crippen LogP contribution in [0.25, 0.3) is 28.1 Å². The van der Waals surface area contributed by atoms with Gasteiger partial charge in [0.1, 0.15) is 11.3 Å². The van der Waals surface area contributed by atoms with Crippen LogP contribution in [0.1, 0.15) is 42.6 Å². The van der Waals surface area contributed by atoms with Crippen molar-refractivity contribution in [2.75, 3.05) is 13.1 Å². The SMILES string of the molecule is Cc1cn2nc(-c3cc(=O)n4cc(C5=CCN(C6CCC6)CC5)ccc4n3)cc2c(C)n1. The molecule has 162 valence electrons. The zero-order valence-electron chi connectivity index (χ0n) is 18.5. The van der Waals surface area contributed by atoms with E-state index < -0.39 is 0 Å². The number of fused-ring (bicyclic) bond motifs is 2. The third kappa shape index (κ3) is 3.24. The van der Waals surface area contributed by atoms with E-state index in [2.05, 4.69) is 27.1 Å². The fraction of sp³-hybridized carbons (Fsp3) is 0.360. The van der Waals surface area contributed by atoms with E-state index in [4.69, 9.17) is 4.98 Å². The molecule has 4 aromatic rings. The molecule has 7 heteroatoms. The minimum Gasteiger partial charge on any atom is -0.296 e. The van der Waals surface area contributed by atoms with Crippen molar-refractivity contribution in [2.24, 2.45) is 0 Å². The molecule has 0 aromatic carbocycles. The van der Waals surface area contributed by atoms with Gasteiger partial charge in [-0.25, -0.2) is 9.50 Å². The second-order valence-electron chi connectivity index (χ2n) is 9.01. The molecule has 7 nitrogen and oxygen atoms in total. The minimum absolute atomic E-state index is 0.0950. The quantitative estimate of drug-likeness (QED) is 0.500. The van der Waals surface area contributed by atoms with Crippen LogP contribution in [0.4, 0.5) is 0 Å². The Morgan fingerprint density at radius 1 is 1.03 bits per heavy atom. The van der Waals surface area contributed by atoms with Crippen LogP contribution in [0.2, 0.25) is 0 Å². The number of aromatic nitrogens is 5. The first-order chi connectivity index (χ1) is 15.5. The van der Waals surface area contributed by atoms with Gasteiger partial charge in [0.2, 0.25) is 0 Å². The van der Waals surface area contributed by atoms with Crippen molar-refractivity contribution in [3.63, 3.8) is 0 Å². The van der Waals surface area contributed by atoms with Crippen LogP contribution < -0.4 is 5.56 Å². The van der Waals surface area contributed by atoms with Crippen LogP contribution in [0.3, 0.4) is 0 Å². The van der Waals surface area contributed by atoms with E-state index >= 15 is 0 Å². The third-order valence-electron chi connectivity index (χ3n) is 6.88. The molecule has 5 heterocycles. The van der Waals surface area contributed by atoms with Crippen molar-refractivity contribution < 1.29 is 0 Å². The van der Waals surface area contributed by atoms with Crippen molar-refractivity contribution in [1.82, 2.24) is 28.9 Å². The van der Waals surface area contributed by atoms with Crippen molar-refractivity contribution >= 4 is 16.7 Å². The third-order valence-corrected chi connectivity index (χ3v) is 6.88. The highest BCUT2D eigenvalue weighted by atomic mass is 16.1. The molecule has 1 saturated carbocycles. The van der Waals surface area contributed by atoms with Gasteiger partial charge in [-0.15, -0.1) is 0 Å². The summed E-state index contributed by atoms with van der Waals surface area (Å²) in [7, 11) is 0. The second-order valence-corrected chi connectivity index (χ2v) is 9.01. The average Bonchev–Trinajstić information content (AvgIpc) is 3.17. The lowest BCUT2D eigenvalue weighted by molar-refractivity contribution is 0.141. The fourth-order valence-corrected chi connectivity index (χ4v) is 4.87. The van der Waals surface area contributed by atoms with Gasteiger partial charge in [0, 0.05) is 31.4 Å². The lowest BCUT2D eigenvalue weighted by Crippen LogP contribution is -2.42. The van der Waals surface area contributed by atoms with Crippen molar-refractivity contribution in [3.8, 4) is 11.4 Å². The van der Waals surface area contributed by atoms with Gasteiger partial charge in [-0.1, -0.05) is 12.5 Å². The van der Waals surface area contributed by atoms with E-state index in [0.717, 1.165) is 48.0 Å². The number of pyridine rings is 1. The van der Waals surface area contributed by atoms with Gasteiger partial charge in [-0.2, -0.15) is 5.10 Å². The molecule has 0 N–H and O–H groups in total. The van der Waals surface area contributed by atoms with Gasteiger partial charge in [-0.05, 0) is 62.4 Å². The molecule has 2 aliphatic rings. The molecular formula is C25H26N6O. The topological polar surface area (TPSA) is 67.8 Å². The molecular weight excluding hydrogens is 400 g/mol. The molecule has 0 amide bonds. The summed E-state index contributed by atoms with van der Waals surface area (Å²) < 4.78 is 3.45. The van der Waals surface area contributed by atoms with Crippen molar-refractivity contribution in [3.05, 3.63) is 70.0 Å². The zero-order chi connectivity index (χ0) is 21.8. The Morgan fingerprint density at radius 2 is 1.91 bits per heavy atom. The first-order valence-electron chi connectivity index (χ1n) is 11.4. The average molecular weight is 427 g/mol. The zero-order valence-corrected chi connectivity index (χ0v) is 18.5. The summed E-state index contributed by atoms with van der Waals surface area (Å²) in [6.45, 7) is 6.01. The van der Waals surface area contributed by atoms with Crippen LogP contribution in [-0.4, -0.2) is 48.0 Å². The number of rotatable bonds is 3. The molecule has 6 rings (SSSR count). The Balaban J connectivity index is 1.34. The van der Waals surface area contributed by atoms with Crippen LogP contribution in [0, 0.1) is 13.8 Å². The Hall–Kier alpha value is -3.32. The maximum Gasteiger partial charge on any atom is 0.258 e. The molecule has 1 fully saturated rings. The standard InChI is InChI=1S/C25H26N6O/c1-16-14-31-23(17(2)26-16)12-22(28-31)21-13-25(32)30-15-19(6-7-24(30)27-21)18-8-10-29(11-9-18)20-4-3-5-20/h6-8,12-15,20H,3-5,9-11H2,1-2H3. The van der Waals surface area contributed by atoms with Gasteiger partial charge >= 0.3 is 0 Å². The monoisotopic (exact) mass is 426 g/mol. The molecule has 32 heavy (non-hydrogen) atoms. The lowest BCUT2D eigenvalue weighted by atomic mass is 9.89. The Morgan fingerprint density at radius 3 is 2.66 bits per heavy atom. The summed E-state index contributed by atoms with van der Waals surface area (Å²) in [4.78, 5) is 24.8. The van der Waals surface area contributed by atoms with Crippen LogP contribution in [-0.2, 0) is 0 Å². The molecule has 1 aliphatic carbocycles. The second kappa shape index (κ2) is 7.38. The Kier molecular flexibility index (Phi) is 4.47. The smallest absolute Gasteiger partial charge is 0.258 e. The van der Waals surface area contributed by atoms with Gasteiger partial charge < -0.3 is 0 Å². The molecule has 0 radical (unpaired) electrons. The lowest BCUT2D eigenvalue weighted by Gasteiger charge is -2.39. The Labute approximate surface area is 186 Å². The molecule has 0 unspecified atom stereocenters. The van der Waals surface area contributed by atoms with E-state index in [0.29, 0.717) is 17.0 Å².